The van der Waals surface area contributed by atoms with Crippen molar-refractivity contribution in [3.05, 3.63) is 90.0 Å². The number of anilines is 1. The van der Waals surface area contributed by atoms with Gasteiger partial charge in [0.05, 0.1) is 11.3 Å². The van der Waals surface area contributed by atoms with E-state index in [0.717, 1.165) is 11.1 Å². The fraction of sp³-hybridized carbons (Fsp3) is 0.160. The van der Waals surface area contributed by atoms with Crippen molar-refractivity contribution in [1.29, 1.82) is 0 Å². The number of amides is 2. The predicted molar refractivity (Wildman–Crippen MR) is 128 cm³/mol. The van der Waals surface area contributed by atoms with Crippen LogP contribution in [0.3, 0.4) is 0 Å². The van der Waals surface area contributed by atoms with Gasteiger partial charge in [-0.2, -0.15) is 11.8 Å². The van der Waals surface area contributed by atoms with Gasteiger partial charge in [-0.3, -0.25) is 9.59 Å². The maximum absolute atomic E-state index is 12.8. The van der Waals surface area contributed by atoms with E-state index >= 15 is 0 Å². The molecule has 0 aliphatic carbocycles. The standard InChI is InChI=1S/C25H24N2O4S/c1-32-16-15-22(25(30)31)27-24(29)20-9-5-6-10-21(20)26-23(28)19-13-11-18(12-14-19)17-7-3-2-4-8-17/h2-14,22H,15-16H2,1H3,(H,26,28)(H,27,29)(H,30,31)/t22-/m1/s1. The van der Waals surface area contributed by atoms with Crippen LogP contribution in [0, 0.1) is 0 Å². The number of hydrogen-bond acceptors (Lipinski definition) is 4. The van der Waals surface area contributed by atoms with E-state index < -0.39 is 17.9 Å². The molecule has 0 unspecified atom stereocenters. The minimum Gasteiger partial charge on any atom is -0.480 e. The van der Waals surface area contributed by atoms with Crippen molar-refractivity contribution in [1.82, 2.24) is 5.32 Å². The Balaban J connectivity index is 1.73. The summed E-state index contributed by atoms with van der Waals surface area (Å²) >= 11 is 1.51. The molecule has 0 radical (unpaired) electrons. The third-order valence-corrected chi connectivity index (χ3v) is 5.53. The lowest BCUT2D eigenvalue weighted by molar-refractivity contribution is -0.139. The molecule has 3 N–H and O–H groups in total. The number of rotatable bonds is 9. The van der Waals surface area contributed by atoms with Gasteiger partial charge in [0.1, 0.15) is 6.04 Å². The third-order valence-electron chi connectivity index (χ3n) is 4.89. The Morgan fingerprint density at radius 3 is 2.12 bits per heavy atom. The smallest absolute Gasteiger partial charge is 0.326 e. The average molecular weight is 449 g/mol. The van der Waals surface area contributed by atoms with E-state index in [-0.39, 0.29) is 11.5 Å². The molecule has 3 rings (SSSR count). The van der Waals surface area contributed by atoms with Crippen LogP contribution in [0.1, 0.15) is 27.1 Å². The number of carboxylic acids is 1. The van der Waals surface area contributed by atoms with Crippen LogP contribution in [0.15, 0.2) is 78.9 Å². The minimum absolute atomic E-state index is 0.206. The SMILES string of the molecule is CSCC[C@@H](NC(=O)c1ccccc1NC(=O)c1ccc(-c2ccccc2)cc1)C(=O)O. The zero-order valence-corrected chi connectivity index (χ0v) is 18.4. The van der Waals surface area contributed by atoms with Crippen molar-refractivity contribution in [2.75, 3.05) is 17.3 Å². The van der Waals surface area contributed by atoms with Crippen LogP contribution in [0.25, 0.3) is 11.1 Å². The Kier molecular flexibility index (Phi) is 8.05. The number of hydrogen-bond donors (Lipinski definition) is 3. The second-order valence-electron chi connectivity index (χ2n) is 7.09. The third kappa shape index (κ3) is 5.98. The Hall–Kier alpha value is -3.58. The molecular weight excluding hydrogens is 424 g/mol. The number of nitrogens with one attached hydrogen (secondary N) is 2. The van der Waals surface area contributed by atoms with Crippen molar-refractivity contribution in [2.24, 2.45) is 0 Å². The van der Waals surface area contributed by atoms with E-state index in [1.807, 2.05) is 48.7 Å². The van der Waals surface area contributed by atoms with Crippen molar-refractivity contribution < 1.29 is 19.5 Å². The number of carbonyl (C=O) groups is 3. The highest BCUT2D eigenvalue weighted by Gasteiger charge is 2.22. The summed E-state index contributed by atoms with van der Waals surface area (Å²) in [5.41, 5.74) is 3.01. The molecule has 164 valence electrons. The summed E-state index contributed by atoms with van der Waals surface area (Å²) in [5, 5.41) is 14.7. The zero-order valence-electron chi connectivity index (χ0n) is 17.6. The van der Waals surface area contributed by atoms with Gasteiger partial charge in [-0.05, 0) is 53.8 Å². The summed E-state index contributed by atoms with van der Waals surface area (Å²) < 4.78 is 0. The van der Waals surface area contributed by atoms with E-state index in [4.69, 9.17) is 0 Å². The Labute approximate surface area is 191 Å². The number of carbonyl (C=O) groups excluding carboxylic acids is 2. The quantitative estimate of drug-likeness (QED) is 0.447. The van der Waals surface area contributed by atoms with Crippen LogP contribution in [0.4, 0.5) is 5.69 Å². The van der Waals surface area contributed by atoms with Gasteiger partial charge in [-0.15, -0.1) is 0 Å². The van der Waals surface area contributed by atoms with Crippen LogP contribution >= 0.6 is 11.8 Å². The molecule has 0 aliphatic heterocycles. The topological polar surface area (TPSA) is 95.5 Å². The summed E-state index contributed by atoms with van der Waals surface area (Å²) in [7, 11) is 0. The fourth-order valence-electron chi connectivity index (χ4n) is 3.16. The zero-order chi connectivity index (χ0) is 22.9. The molecule has 6 nitrogen and oxygen atoms in total. The van der Waals surface area contributed by atoms with E-state index in [9.17, 15) is 19.5 Å². The van der Waals surface area contributed by atoms with Crippen molar-refractivity contribution in [3.63, 3.8) is 0 Å². The molecular formula is C25H24N2O4S. The second kappa shape index (κ2) is 11.2. The maximum atomic E-state index is 12.8. The van der Waals surface area contributed by atoms with Gasteiger partial charge in [0.2, 0.25) is 0 Å². The molecule has 2 amide bonds. The second-order valence-corrected chi connectivity index (χ2v) is 8.07. The highest BCUT2D eigenvalue weighted by atomic mass is 32.2. The monoisotopic (exact) mass is 448 g/mol. The normalized spacial score (nSPS) is 11.4. The lowest BCUT2D eigenvalue weighted by Gasteiger charge is -2.16. The molecule has 3 aromatic carbocycles. The Morgan fingerprint density at radius 2 is 1.47 bits per heavy atom. The van der Waals surface area contributed by atoms with E-state index in [2.05, 4.69) is 10.6 Å². The number of thioether (sulfide) groups is 1. The first-order valence-corrected chi connectivity index (χ1v) is 11.5. The molecule has 0 spiro atoms. The highest BCUT2D eigenvalue weighted by Crippen LogP contribution is 2.21. The molecule has 7 heteroatoms. The molecule has 0 bridgehead atoms. The number of para-hydroxylation sites is 1. The number of benzene rings is 3. The molecule has 0 saturated carbocycles. The molecule has 0 aromatic heterocycles. The summed E-state index contributed by atoms with van der Waals surface area (Å²) in [6.45, 7) is 0. The van der Waals surface area contributed by atoms with Gasteiger partial charge in [0.15, 0.2) is 0 Å². The molecule has 0 aliphatic rings. The summed E-state index contributed by atoms with van der Waals surface area (Å²) in [4.78, 5) is 37.0. The van der Waals surface area contributed by atoms with Crippen LogP contribution in [-0.2, 0) is 4.79 Å². The summed E-state index contributed by atoms with van der Waals surface area (Å²) in [6, 6.07) is 22.6. The maximum Gasteiger partial charge on any atom is 0.326 e. The largest absolute Gasteiger partial charge is 0.480 e. The van der Waals surface area contributed by atoms with Crippen LogP contribution in [0.2, 0.25) is 0 Å². The molecule has 0 fully saturated rings. The highest BCUT2D eigenvalue weighted by molar-refractivity contribution is 7.98. The average Bonchev–Trinajstić information content (AvgIpc) is 2.82. The molecule has 0 heterocycles. The lowest BCUT2D eigenvalue weighted by Crippen LogP contribution is -2.41. The minimum atomic E-state index is -1.09. The first kappa shape index (κ1) is 23.1. The van der Waals surface area contributed by atoms with Crippen LogP contribution in [-0.4, -0.2) is 40.9 Å². The van der Waals surface area contributed by atoms with Crippen molar-refractivity contribution in [3.8, 4) is 11.1 Å². The first-order valence-electron chi connectivity index (χ1n) is 10.1. The Bertz CT molecular complexity index is 1080. The summed E-state index contributed by atoms with van der Waals surface area (Å²) in [6.07, 6.45) is 2.18. The summed E-state index contributed by atoms with van der Waals surface area (Å²) in [5.74, 6) is -1.39. The van der Waals surface area contributed by atoms with Crippen LogP contribution < -0.4 is 10.6 Å². The number of aliphatic carboxylic acids is 1. The van der Waals surface area contributed by atoms with Crippen molar-refractivity contribution >= 4 is 35.2 Å². The predicted octanol–water partition coefficient (Wildman–Crippen LogP) is 4.54. The molecule has 32 heavy (non-hydrogen) atoms. The van der Waals surface area contributed by atoms with E-state index in [1.54, 1.807) is 36.4 Å². The van der Waals surface area contributed by atoms with Gasteiger partial charge in [-0.1, -0.05) is 54.6 Å². The lowest BCUT2D eigenvalue weighted by atomic mass is 10.0. The van der Waals surface area contributed by atoms with Crippen molar-refractivity contribution in [2.45, 2.75) is 12.5 Å². The van der Waals surface area contributed by atoms with E-state index in [1.165, 1.54) is 11.8 Å². The van der Waals surface area contributed by atoms with Gasteiger partial charge in [0, 0.05) is 5.56 Å². The molecule has 0 saturated heterocycles. The Morgan fingerprint density at radius 1 is 0.844 bits per heavy atom. The van der Waals surface area contributed by atoms with Gasteiger partial charge in [-0.25, -0.2) is 4.79 Å². The van der Waals surface area contributed by atoms with Gasteiger partial charge in [0.25, 0.3) is 11.8 Å². The number of carboxylic acid groups (broad SMARTS) is 1. The van der Waals surface area contributed by atoms with E-state index in [0.29, 0.717) is 23.4 Å². The first-order chi connectivity index (χ1) is 15.5. The molecule has 3 aromatic rings. The van der Waals surface area contributed by atoms with Gasteiger partial charge >= 0.3 is 5.97 Å². The van der Waals surface area contributed by atoms with Crippen LogP contribution in [0.5, 0.6) is 0 Å². The van der Waals surface area contributed by atoms with Gasteiger partial charge < -0.3 is 15.7 Å². The fourth-order valence-corrected chi connectivity index (χ4v) is 3.63. The molecule has 1 atom stereocenters.